The van der Waals surface area contributed by atoms with E-state index in [1.54, 1.807) is 38.1 Å². The van der Waals surface area contributed by atoms with Crippen LogP contribution in [0.25, 0.3) is 0 Å². The number of thiocarbonyl (C=S) groups is 1. The molecule has 1 atom stereocenters. The third-order valence-electron chi connectivity index (χ3n) is 2.25. The van der Waals surface area contributed by atoms with E-state index in [1.165, 1.54) is 0 Å². The van der Waals surface area contributed by atoms with E-state index >= 15 is 0 Å². The Bertz CT molecular complexity index is 512. The number of hydrogen-bond acceptors (Lipinski definition) is 3. The molecule has 0 amide bonds. The van der Waals surface area contributed by atoms with Gasteiger partial charge >= 0.3 is 0 Å². The molecule has 94 valence electrons. The number of nitrogens with two attached hydrogens (primary N) is 1. The van der Waals surface area contributed by atoms with Crippen LogP contribution in [0, 0.1) is 6.92 Å². The molecule has 0 bridgehead atoms. The fourth-order valence-electron chi connectivity index (χ4n) is 1.53. The summed E-state index contributed by atoms with van der Waals surface area (Å²) < 4.78 is 26.6. The summed E-state index contributed by atoms with van der Waals surface area (Å²) >= 11 is 4.75. The average molecular weight is 272 g/mol. The van der Waals surface area contributed by atoms with E-state index in [9.17, 15) is 8.42 Å². The summed E-state index contributed by atoms with van der Waals surface area (Å²) in [7, 11) is -3.50. The average Bonchev–Trinajstić information content (AvgIpc) is 2.15. The van der Waals surface area contributed by atoms with Gasteiger partial charge in [0.05, 0.1) is 9.88 Å². The molecule has 0 aliphatic carbocycles. The smallest absolute Gasteiger partial charge is 0.241 e. The lowest BCUT2D eigenvalue weighted by Crippen LogP contribution is -2.35. The van der Waals surface area contributed by atoms with Crippen LogP contribution in [-0.4, -0.2) is 19.4 Å². The van der Waals surface area contributed by atoms with Crippen LogP contribution >= 0.6 is 12.2 Å². The molecule has 0 heterocycles. The highest BCUT2D eigenvalue weighted by Crippen LogP contribution is 2.14. The molecule has 0 saturated heterocycles. The third-order valence-corrected chi connectivity index (χ3v) is 4.16. The van der Waals surface area contributed by atoms with E-state index in [4.69, 9.17) is 18.0 Å². The highest BCUT2D eigenvalue weighted by Gasteiger charge is 2.19. The van der Waals surface area contributed by atoms with Crippen molar-refractivity contribution in [1.29, 1.82) is 0 Å². The Balaban J connectivity index is 2.90. The fourth-order valence-corrected chi connectivity index (χ4v) is 3.27. The SMILES string of the molecule is Cc1ccccc1S(=O)(=O)NC(C)CC(N)=S. The molecular weight excluding hydrogens is 256 g/mol. The fraction of sp³-hybridized carbons (Fsp3) is 0.364. The molecule has 1 unspecified atom stereocenters. The summed E-state index contributed by atoms with van der Waals surface area (Å²) in [6.07, 6.45) is 0.348. The highest BCUT2D eigenvalue weighted by atomic mass is 32.2. The zero-order valence-corrected chi connectivity index (χ0v) is 11.4. The van der Waals surface area contributed by atoms with Crippen molar-refractivity contribution >= 4 is 27.2 Å². The number of sulfonamides is 1. The molecule has 1 rings (SSSR count). The standard InChI is InChI=1S/C11H16N2O2S2/c1-8-5-3-4-6-10(8)17(14,15)13-9(2)7-11(12)16/h3-6,9,13H,7H2,1-2H3,(H2,12,16). The van der Waals surface area contributed by atoms with Crippen molar-refractivity contribution in [1.82, 2.24) is 4.72 Å². The second-order valence-corrected chi connectivity index (χ2v) is 6.17. The summed E-state index contributed by atoms with van der Waals surface area (Å²) in [5, 5.41) is 0. The number of aryl methyl sites for hydroxylation is 1. The van der Waals surface area contributed by atoms with Crippen LogP contribution in [0.4, 0.5) is 0 Å². The van der Waals surface area contributed by atoms with Crippen molar-refractivity contribution in [2.75, 3.05) is 0 Å². The van der Waals surface area contributed by atoms with Crippen molar-refractivity contribution in [2.45, 2.75) is 31.2 Å². The largest absolute Gasteiger partial charge is 0.393 e. The van der Waals surface area contributed by atoms with Crippen LogP contribution in [0.1, 0.15) is 18.9 Å². The number of hydrogen-bond donors (Lipinski definition) is 2. The molecule has 0 fully saturated rings. The first-order valence-corrected chi connectivity index (χ1v) is 7.08. The third kappa shape index (κ3) is 4.07. The molecule has 0 saturated carbocycles. The van der Waals surface area contributed by atoms with Crippen LogP contribution < -0.4 is 10.5 Å². The zero-order chi connectivity index (χ0) is 13.1. The van der Waals surface area contributed by atoms with E-state index in [0.29, 0.717) is 17.0 Å². The van der Waals surface area contributed by atoms with E-state index < -0.39 is 10.0 Å². The Kier molecular flexibility index (Phi) is 4.62. The molecule has 4 nitrogen and oxygen atoms in total. The maximum absolute atomic E-state index is 12.0. The van der Waals surface area contributed by atoms with Crippen molar-refractivity contribution < 1.29 is 8.42 Å². The normalized spacial score (nSPS) is 13.3. The van der Waals surface area contributed by atoms with Gasteiger partial charge in [0.15, 0.2) is 0 Å². The van der Waals surface area contributed by atoms with Gasteiger partial charge in [0.2, 0.25) is 10.0 Å². The predicted molar refractivity (Wildman–Crippen MR) is 72.4 cm³/mol. The Morgan fingerprint density at radius 1 is 1.47 bits per heavy atom. The molecule has 0 aromatic heterocycles. The summed E-state index contributed by atoms with van der Waals surface area (Å²) in [5.74, 6) is 0. The Morgan fingerprint density at radius 2 is 2.06 bits per heavy atom. The first kappa shape index (κ1) is 14.1. The van der Waals surface area contributed by atoms with Gasteiger partial charge in [-0.1, -0.05) is 30.4 Å². The van der Waals surface area contributed by atoms with E-state index in [-0.39, 0.29) is 10.9 Å². The molecule has 1 aromatic rings. The number of rotatable bonds is 5. The van der Waals surface area contributed by atoms with Crippen molar-refractivity contribution in [2.24, 2.45) is 5.73 Å². The molecule has 0 aliphatic heterocycles. The van der Waals surface area contributed by atoms with E-state index in [2.05, 4.69) is 4.72 Å². The van der Waals surface area contributed by atoms with Crippen LogP contribution in [0.5, 0.6) is 0 Å². The van der Waals surface area contributed by atoms with Gasteiger partial charge in [0, 0.05) is 12.5 Å². The minimum absolute atomic E-state index is 0.287. The predicted octanol–water partition coefficient (Wildman–Crippen LogP) is 1.34. The first-order valence-electron chi connectivity index (χ1n) is 5.19. The van der Waals surface area contributed by atoms with Gasteiger partial charge in [-0.15, -0.1) is 0 Å². The Hall–Kier alpha value is -0.980. The summed E-state index contributed by atoms with van der Waals surface area (Å²) in [6.45, 7) is 3.49. The van der Waals surface area contributed by atoms with Crippen LogP contribution in [0.2, 0.25) is 0 Å². The van der Waals surface area contributed by atoms with Gasteiger partial charge in [0.25, 0.3) is 0 Å². The quantitative estimate of drug-likeness (QED) is 0.793. The molecule has 1 aromatic carbocycles. The monoisotopic (exact) mass is 272 g/mol. The second kappa shape index (κ2) is 5.57. The minimum Gasteiger partial charge on any atom is -0.393 e. The summed E-state index contributed by atoms with van der Waals surface area (Å²) in [4.78, 5) is 0.583. The van der Waals surface area contributed by atoms with Gasteiger partial charge < -0.3 is 5.73 Å². The Labute approximate surface area is 107 Å². The van der Waals surface area contributed by atoms with Gasteiger partial charge in [-0.05, 0) is 25.5 Å². The van der Waals surface area contributed by atoms with E-state index in [0.717, 1.165) is 0 Å². The van der Waals surface area contributed by atoms with Crippen LogP contribution in [0.3, 0.4) is 0 Å². The lowest BCUT2D eigenvalue weighted by molar-refractivity contribution is 0.564. The summed E-state index contributed by atoms with van der Waals surface area (Å²) in [6, 6.07) is 6.52. The topological polar surface area (TPSA) is 72.2 Å². The highest BCUT2D eigenvalue weighted by molar-refractivity contribution is 7.89. The molecule has 0 radical (unpaired) electrons. The van der Waals surface area contributed by atoms with Crippen LogP contribution in [0.15, 0.2) is 29.2 Å². The lowest BCUT2D eigenvalue weighted by atomic mass is 10.2. The molecule has 0 spiro atoms. The van der Waals surface area contributed by atoms with Gasteiger partial charge in [-0.2, -0.15) is 0 Å². The lowest BCUT2D eigenvalue weighted by Gasteiger charge is -2.14. The first-order chi connectivity index (χ1) is 7.83. The minimum atomic E-state index is -3.50. The van der Waals surface area contributed by atoms with E-state index in [1.807, 2.05) is 0 Å². The van der Waals surface area contributed by atoms with Crippen molar-refractivity contribution in [3.05, 3.63) is 29.8 Å². The van der Waals surface area contributed by atoms with Crippen molar-refractivity contribution in [3.8, 4) is 0 Å². The molecular formula is C11H16N2O2S2. The van der Waals surface area contributed by atoms with Gasteiger partial charge in [-0.25, -0.2) is 13.1 Å². The van der Waals surface area contributed by atoms with Crippen LogP contribution in [-0.2, 0) is 10.0 Å². The maximum Gasteiger partial charge on any atom is 0.241 e. The molecule has 17 heavy (non-hydrogen) atoms. The second-order valence-electron chi connectivity index (χ2n) is 3.96. The van der Waals surface area contributed by atoms with Crippen molar-refractivity contribution in [3.63, 3.8) is 0 Å². The number of benzene rings is 1. The van der Waals surface area contributed by atoms with Gasteiger partial charge in [-0.3, -0.25) is 0 Å². The number of nitrogens with one attached hydrogen (secondary N) is 1. The molecule has 3 N–H and O–H groups in total. The Morgan fingerprint density at radius 3 is 2.59 bits per heavy atom. The summed E-state index contributed by atoms with van der Waals surface area (Å²) in [5.41, 5.74) is 6.09. The zero-order valence-electron chi connectivity index (χ0n) is 9.80. The molecule has 0 aliphatic rings. The van der Waals surface area contributed by atoms with Gasteiger partial charge in [0.1, 0.15) is 0 Å². The molecule has 6 heteroatoms. The maximum atomic E-state index is 12.0.